The van der Waals surface area contributed by atoms with Gasteiger partial charge in [-0.25, -0.2) is 4.98 Å². The van der Waals surface area contributed by atoms with E-state index in [0.29, 0.717) is 18.7 Å². The first-order valence-corrected chi connectivity index (χ1v) is 10.3. The molecule has 1 aromatic heterocycles. The normalized spacial score (nSPS) is 17.1. The van der Waals surface area contributed by atoms with Gasteiger partial charge in [0.25, 0.3) is 5.91 Å². The lowest BCUT2D eigenvalue weighted by atomic mass is 9.92. The lowest BCUT2D eigenvalue weighted by Crippen LogP contribution is -2.27. The number of hydrogen-bond acceptors (Lipinski definition) is 3. The number of carbonyl (C=O) groups is 1. The Kier molecular flexibility index (Phi) is 3.72. The summed E-state index contributed by atoms with van der Waals surface area (Å²) >= 11 is 0. The van der Waals surface area contributed by atoms with E-state index in [4.69, 9.17) is 9.72 Å². The van der Waals surface area contributed by atoms with Crippen molar-refractivity contribution >= 4 is 16.9 Å². The van der Waals surface area contributed by atoms with Crippen LogP contribution in [0, 0.1) is 6.92 Å². The molecule has 2 aliphatic heterocycles. The molecule has 1 unspecified atom stereocenters. The molecule has 0 aliphatic carbocycles. The zero-order valence-corrected chi connectivity index (χ0v) is 16.7. The fourth-order valence-corrected chi connectivity index (χ4v) is 4.68. The topological polar surface area (TPSA) is 56.1 Å². The third-order valence-corrected chi connectivity index (χ3v) is 6.18. The maximum absolute atomic E-state index is 12.1. The molecule has 6 rings (SSSR count). The van der Waals surface area contributed by atoms with Gasteiger partial charge in [-0.15, -0.1) is 0 Å². The van der Waals surface area contributed by atoms with Crippen molar-refractivity contribution in [1.82, 2.24) is 14.9 Å². The van der Waals surface area contributed by atoms with E-state index in [9.17, 15) is 4.79 Å². The maximum Gasteiger partial charge on any atom is 0.261 e. The smallest absolute Gasteiger partial charge is 0.261 e. The van der Waals surface area contributed by atoms with Crippen LogP contribution in [0.3, 0.4) is 0 Å². The lowest BCUT2D eigenvalue weighted by Gasteiger charge is -2.23. The Labute approximate surface area is 174 Å². The van der Waals surface area contributed by atoms with Crippen LogP contribution in [0.15, 0.2) is 60.7 Å². The number of benzene rings is 3. The van der Waals surface area contributed by atoms with Gasteiger partial charge in [0.15, 0.2) is 6.10 Å². The van der Waals surface area contributed by atoms with Crippen molar-refractivity contribution in [2.24, 2.45) is 0 Å². The molecule has 0 spiro atoms. The Morgan fingerprint density at radius 2 is 1.80 bits per heavy atom. The van der Waals surface area contributed by atoms with Gasteiger partial charge in [-0.05, 0) is 41.8 Å². The molecule has 30 heavy (non-hydrogen) atoms. The monoisotopic (exact) mass is 395 g/mol. The lowest BCUT2D eigenvalue weighted by molar-refractivity contribution is -0.124. The van der Waals surface area contributed by atoms with E-state index in [-0.39, 0.29) is 5.91 Å². The van der Waals surface area contributed by atoms with Crippen LogP contribution in [0.25, 0.3) is 33.5 Å². The number of amides is 1. The van der Waals surface area contributed by atoms with E-state index in [0.717, 1.165) is 29.0 Å². The molecule has 1 saturated heterocycles. The van der Waals surface area contributed by atoms with Crippen LogP contribution in [-0.4, -0.2) is 28.1 Å². The van der Waals surface area contributed by atoms with Crippen LogP contribution in [-0.2, 0) is 11.3 Å². The summed E-state index contributed by atoms with van der Waals surface area (Å²) in [5.41, 5.74) is 8.14. The number of aromatic nitrogens is 2. The number of para-hydroxylation sites is 2. The van der Waals surface area contributed by atoms with E-state index in [1.54, 1.807) is 0 Å². The molecule has 3 heterocycles. The number of ether oxygens (including phenoxy) is 1. The van der Waals surface area contributed by atoms with Crippen LogP contribution in [0.2, 0.25) is 0 Å². The second kappa shape index (κ2) is 6.46. The molecule has 0 bridgehead atoms. The highest BCUT2D eigenvalue weighted by atomic mass is 16.5. The second-order valence-corrected chi connectivity index (χ2v) is 7.98. The molecule has 1 fully saturated rings. The van der Waals surface area contributed by atoms with Gasteiger partial charge < -0.3 is 14.6 Å². The van der Waals surface area contributed by atoms with Gasteiger partial charge >= 0.3 is 0 Å². The second-order valence-electron chi connectivity index (χ2n) is 7.98. The van der Waals surface area contributed by atoms with Crippen LogP contribution in [0.4, 0.5) is 0 Å². The summed E-state index contributed by atoms with van der Waals surface area (Å²) in [6.45, 7) is 3.59. The van der Waals surface area contributed by atoms with E-state index in [1.807, 2.05) is 24.3 Å². The predicted molar refractivity (Wildman–Crippen MR) is 116 cm³/mol. The quantitative estimate of drug-likeness (QED) is 0.495. The van der Waals surface area contributed by atoms with E-state index < -0.39 is 6.10 Å². The van der Waals surface area contributed by atoms with Crippen molar-refractivity contribution in [3.05, 3.63) is 71.8 Å². The zero-order chi connectivity index (χ0) is 20.2. The van der Waals surface area contributed by atoms with Gasteiger partial charge in [-0.1, -0.05) is 42.5 Å². The van der Waals surface area contributed by atoms with Crippen molar-refractivity contribution in [1.29, 1.82) is 0 Å². The molecule has 3 aromatic carbocycles. The highest BCUT2D eigenvalue weighted by molar-refractivity contribution is 5.97. The number of nitrogens with one attached hydrogen (secondary N) is 1. The number of carbonyl (C=O) groups excluding carboxylic acids is 1. The zero-order valence-electron chi connectivity index (χ0n) is 16.7. The predicted octanol–water partition coefficient (Wildman–Crippen LogP) is 4.31. The van der Waals surface area contributed by atoms with Crippen molar-refractivity contribution in [2.75, 3.05) is 6.54 Å². The average Bonchev–Trinajstić information content (AvgIpc) is 3.34. The first-order chi connectivity index (χ1) is 14.7. The highest BCUT2D eigenvalue weighted by Gasteiger charge is 2.29. The molecule has 148 valence electrons. The van der Waals surface area contributed by atoms with Crippen LogP contribution < -0.4 is 10.1 Å². The maximum atomic E-state index is 12.1. The number of hydrogen-bond donors (Lipinski definition) is 1. The minimum absolute atomic E-state index is 0.0498. The summed E-state index contributed by atoms with van der Waals surface area (Å²) in [5.74, 6) is 1.52. The summed E-state index contributed by atoms with van der Waals surface area (Å²) in [4.78, 5) is 17.1. The van der Waals surface area contributed by atoms with Gasteiger partial charge in [0.2, 0.25) is 0 Å². The Hall–Kier alpha value is -3.60. The van der Waals surface area contributed by atoms with E-state index in [1.165, 1.54) is 22.3 Å². The molecule has 1 N–H and O–H groups in total. The Bertz CT molecular complexity index is 1320. The number of imidazole rings is 1. The van der Waals surface area contributed by atoms with E-state index in [2.05, 4.69) is 53.2 Å². The van der Waals surface area contributed by atoms with E-state index >= 15 is 0 Å². The van der Waals surface area contributed by atoms with Crippen LogP contribution in [0.1, 0.15) is 17.5 Å². The number of rotatable bonds is 3. The third-order valence-electron chi connectivity index (χ3n) is 6.18. The van der Waals surface area contributed by atoms with Crippen molar-refractivity contribution in [3.63, 3.8) is 0 Å². The fraction of sp³-hybridized carbons (Fsp3) is 0.200. The summed E-state index contributed by atoms with van der Waals surface area (Å²) in [6.07, 6.45) is 0.232. The molecule has 4 aromatic rings. The molecule has 0 radical (unpaired) electrons. The largest absolute Gasteiger partial charge is 0.480 e. The Balaban J connectivity index is 1.55. The van der Waals surface area contributed by atoms with Gasteiger partial charge in [0.1, 0.15) is 11.6 Å². The number of fused-ring (bicyclic) bond motifs is 2. The molecule has 2 aliphatic rings. The number of aryl methyl sites for hydroxylation is 1. The minimum atomic E-state index is -0.449. The first kappa shape index (κ1) is 17.3. The average molecular weight is 395 g/mol. The minimum Gasteiger partial charge on any atom is -0.480 e. The van der Waals surface area contributed by atoms with Gasteiger partial charge in [-0.2, -0.15) is 0 Å². The first-order valence-electron chi connectivity index (χ1n) is 10.3. The van der Waals surface area contributed by atoms with Gasteiger partial charge in [0, 0.05) is 18.5 Å². The standard InChI is InChI=1S/C25H21N3O2/c1-15-6-4-8-16-17-9-5-10-20-23(17)28(14-19(15)16)24(27-20)18-7-2-3-11-21(18)30-22-12-13-26-25(22)29/h2-11,22H,12-14H2,1H3,(H,26,29). The Morgan fingerprint density at radius 3 is 2.67 bits per heavy atom. The summed E-state index contributed by atoms with van der Waals surface area (Å²) in [7, 11) is 0. The molecule has 0 saturated carbocycles. The Morgan fingerprint density at radius 1 is 1.00 bits per heavy atom. The highest BCUT2D eigenvalue weighted by Crippen LogP contribution is 2.41. The van der Waals surface area contributed by atoms with Crippen molar-refractivity contribution < 1.29 is 9.53 Å². The van der Waals surface area contributed by atoms with Crippen LogP contribution in [0.5, 0.6) is 5.75 Å². The molecular weight excluding hydrogens is 374 g/mol. The molecule has 5 nitrogen and oxygen atoms in total. The fourth-order valence-electron chi connectivity index (χ4n) is 4.68. The summed E-state index contributed by atoms with van der Waals surface area (Å²) < 4.78 is 8.43. The molecule has 1 amide bonds. The third kappa shape index (κ3) is 2.48. The van der Waals surface area contributed by atoms with Crippen molar-refractivity contribution in [2.45, 2.75) is 26.0 Å². The molecular formula is C25H21N3O2. The molecule has 1 atom stereocenters. The van der Waals surface area contributed by atoms with Gasteiger partial charge in [-0.3, -0.25) is 4.79 Å². The SMILES string of the molecule is Cc1cccc2c1Cn1c(-c3ccccc3OC3CCNC3=O)nc3cccc-2c31. The van der Waals surface area contributed by atoms with Crippen molar-refractivity contribution in [3.8, 4) is 28.3 Å². The summed E-state index contributed by atoms with van der Waals surface area (Å²) in [6, 6.07) is 20.7. The summed E-state index contributed by atoms with van der Waals surface area (Å²) in [5, 5.41) is 2.84. The van der Waals surface area contributed by atoms with Crippen LogP contribution >= 0.6 is 0 Å². The molecule has 5 heteroatoms. The van der Waals surface area contributed by atoms with Gasteiger partial charge in [0.05, 0.1) is 23.1 Å². The number of nitrogens with zero attached hydrogens (tertiary/aromatic N) is 2.